The van der Waals surface area contributed by atoms with Crippen molar-refractivity contribution >= 4 is 5.97 Å². The lowest BCUT2D eigenvalue weighted by molar-refractivity contribution is -0.143. The predicted octanol–water partition coefficient (Wildman–Crippen LogP) is 4.15. The Morgan fingerprint density at radius 1 is 1.12 bits per heavy atom. The van der Waals surface area contributed by atoms with Crippen molar-refractivity contribution in [2.45, 2.75) is 51.4 Å². The lowest BCUT2D eigenvalue weighted by atomic mass is 9.88. The number of hydrogen-bond donors (Lipinski definition) is 1. The maximum atomic E-state index is 12.1. The van der Waals surface area contributed by atoms with Gasteiger partial charge in [-0.2, -0.15) is 0 Å². The number of nitrogens with two attached hydrogens (primary N) is 1. The standard InChI is InChI=1S/C23H29NO2/c1-2-26-23(25)16-21-14-18-11-10-17(7-5-6-12-24)13-20(18)15-19-8-3-4-9-22(19)21/h3-4,8-11,13,21H,2,5-7,12,14-16,24H2,1H3. The summed E-state index contributed by atoms with van der Waals surface area (Å²) in [6.45, 7) is 3.06. The van der Waals surface area contributed by atoms with Crippen molar-refractivity contribution in [1.29, 1.82) is 0 Å². The van der Waals surface area contributed by atoms with E-state index in [4.69, 9.17) is 10.5 Å². The second-order valence-corrected chi connectivity index (χ2v) is 7.13. The number of esters is 1. The first-order chi connectivity index (χ1) is 12.7. The summed E-state index contributed by atoms with van der Waals surface area (Å²) in [6, 6.07) is 15.4. The fraction of sp³-hybridized carbons (Fsp3) is 0.435. The first-order valence-electron chi connectivity index (χ1n) is 9.75. The zero-order valence-corrected chi connectivity index (χ0v) is 15.7. The van der Waals surface area contributed by atoms with Gasteiger partial charge >= 0.3 is 5.97 Å². The molecule has 0 aromatic heterocycles. The lowest BCUT2D eigenvalue weighted by Gasteiger charge is -2.17. The van der Waals surface area contributed by atoms with E-state index in [1.54, 1.807) is 0 Å². The van der Waals surface area contributed by atoms with Crippen molar-refractivity contribution in [3.05, 3.63) is 70.3 Å². The quantitative estimate of drug-likeness (QED) is 0.602. The molecule has 1 aliphatic carbocycles. The number of unbranched alkanes of at least 4 members (excludes halogenated alkanes) is 1. The first-order valence-corrected chi connectivity index (χ1v) is 9.75. The molecule has 2 N–H and O–H groups in total. The highest BCUT2D eigenvalue weighted by atomic mass is 16.5. The highest BCUT2D eigenvalue weighted by Crippen LogP contribution is 2.34. The van der Waals surface area contributed by atoms with Gasteiger partial charge in [0.2, 0.25) is 0 Å². The summed E-state index contributed by atoms with van der Waals surface area (Å²) in [4.78, 5) is 12.1. The van der Waals surface area contributed by atoms with Crippen LogP contribution in [0.15, 0.2) is 42.5 Å². The van der Waals surface area contributed by atoms with Gasteiger partial charge in [-0.1, -0.05) is 42.5 Å². The molecule has 1 unspecified atom stereocenters. The van der Waals surface area contributed by atoms with Gasteiger partial charge < -0.3 is 10.5 Å². The van der Waals surface area contributed by atoms with Gasteiger partial charge in [-0.3, -0.25) is 4.79 Å². The van der Waals surface area contributed by atoms with E-state index < -0.39 is 0 Å². The van der Waals surface area contributed by atoms with Gasteiger partial charge in [0.05, 0.1) is 13.0 Å². The zero-order chi connectivity index (χ0) is 18.4. The molecule has 2 aromatic carbocycles. The molecular formula is C23H29NO2. The molecule has 3 rings (SSSR count). The molecule has 0 spiro atoms. The molecule has 0 saturated heterocycles. The third-order valence-corrected chi connectivity index (χ3v) is 5.25. The minimum absolute atomic E-state index is 0.103. The normalized spacial score (nSPS) is 15.7. The highest BCUT2D eigenvalue weighted by molar-refractivity contribution is 5.71. The minimum atomic E-state index is -0.103. The number of rotatable bonds is 7. The van der Waals surface area contributed by atoms with Crippen molar-refractivity contribution < 1.29 is 9.53 Å². The summed E-state index contributed by atoms with van der Waals surface area (Å²) in [5.41, 5.74) is 12.4. The number of ether oxygens (including phenoxy) is 1. The summed E-state index contributed by atoms with van der Waals surface area (Å²) in [7, 11) is 0. The van der Waals surface area contributed by atoms with Crippen LogP contribution in [0.5, 0.6) is 0 Å². The van der Waals surface area contributed by atoms with Gasteiger partial charge in [-0.15, -0.1) is 0 Å². The third-order valence-electron chi connectivity index (χ3n) is 5.25. The van der Waals surface area contributed by atoms with Gasteiger partial charge in [-0.25, -0.2) is 0 Å². The topological polar surface area (TPSA) is 52.3 Å². The largest absolute Gasteiger partial charge is 0.466 e. The van der Waals surface area contributed by atoms with Crippen LogP contribution in [0.3, 0.4) is 0 Å². The molecule has 26 heavy (non-hydrogen) atoms. The molecule has 0 bridgehead atoms. The summed E-state index contributed by atoms with van der Waals surface area (Å²) >= 11 is 0. The number of carbonyl (C=O) groups excluding carboxylic acids is 1. The van der Waals surface area contributed by atoms with Crippen molar-refractivity contribution in [3.63, 3.8) is 0 Å². The van der Waals surface area contributed by atoms with E-state index in [2.05, 4.69) is 42.5 Å². The number of fused-ring (bicyclic) bond motifs is 2. The van der Waals surface area contributed by atoms with E-state index in [0.717, 1.165) is 38.6 Å². The Labute approximate surface area is 156 Å². The maximum Gasteiger partial charge on any atom is 0.306 e. The Hall–Kier alpha value is -2.13. The molecule has 0 saturated carbocycles. The van der Waals surface area contributed by atoms with E-state index in [0.29, 0.717) is 13.0 Å². The van der Waals surface area contributed by atoms with Crippen LogP contribution in [0.2, 0.25) is 0 Å². The fourth-order valence-corrected chi connectivity index (χ4v) is 3.95. The smallest absolute Gasteiger partial charge is 0.306 e. The minimum Gasteiger partial charge on any atom is -0.466 e. The highest BCUT2D eigenvalue weighted by Gasteiger charge is 2.24. The number of hydrogen-bond acceptors (Lipinski definition) is 3. The van der Waals surface area contributed by atoms with Crippen LogP contribution in [-0.2, 0) is 28.8 Å². The number of carbonyl (C=O) groups is 1. The van der Waals surface area contributed by atoms with Gasteiger partial charge in [0.1, 0.15) is 0 Å². The average Bonchev–Trinajstić information content (AvgIpc) is 2.78. The summed E-state index contributed by atoms with van der Waals surface area (Å²) in [6.07, 6.45) is 5.57. The summed E-state index contributed by atoms with van der Waals surface area (Å²) < 4.78 is 5.21. The molecule has 3 heteroatoms. The SMILES string of the molecule is CCOC(=O)CC1Cc2ccc(CCCCN)cc2Cc2ccccc21. The Kier molecular flexibility index (Phi) is 6.45. The van der Waals surface area contributed by atoms with Crippen molar-refractivity contribution in [2.24, 2.45) is 5.73 Å². The second kappa shape index (κ2) is 9.00. The Morgan fingerprint density at radius 2 is 1.96 bits per heavy atom. The summed E-state index contributed by atoms with van der Waals surface area (Å²) in [5.74, 6) is 0.0868. The van der Waals surface area contributed by atoms with Gasteiger partial charge in [0.25, 0.3) is 0 Å². The van der Waals surface area contributed by atoms with Crippen molar-refractivity contribution in [2.75, 3.05) is 13.2 Å². The van der Waals surface area contributed by atoms with Gasteiger partial charge in [0.15, 0.2) is 0 Å². The van der Waals surface area contributed by atoms with Crippen LogP contribution >= 0.6 is 0 Å². The van der Waals surface area contributed by atoms with Gasteiger partial charge in [-0.05, 0) is 79.3 Å². The van der Waals surface area contributed by atoms with Crippen molar-refractivity contribution in [3.8, 4) is 0 Å². The van der Waals surface area contributed by atoms with Crippen LogP contribution in [0.1, 0.15) is 59.9 Å². The predicted molar refractivity (Wildman–Crippen MR) is 105 cm³/mol. The van der Waals surface area contributed by atoms with Crippen LogP contribution < -0.4 is 5.73 Å². The van der Waals surface area contributed by atoms with E-state index in [1.807, 2.05) is 6.92 Å². The lowest BCUT2D eigenvalue weighted by Crippen LogP contribution is -2.13. The molecule has 0 fully saturated rings. The molecule has 0 amide bonds. The molecule has 0 heterocycles. The van der Waals surface area contributed by atoms with Crippen LogP contribution in [0.25, 0.3) is 0 Å². The van der Waals surface area contributed by atoms with E-state index >= 15 is 0 Å². The Balaban J connectivity index is 1.87. The molecule has 138 valence electrons. The zero-order valence-electron chi connectivity index (χ0n) is 15.7. The first kappa shape index (κ1) is 18.7. The van der Waals surface area contributed by atoms with Gasteiger partial charge in [0, 0.05) is 0 Å². The fourth-order valence-electron chi connectivity index (χ4n) is 3.95. The molecule has 3 nitrogen and oxygen atoms in total. The molecule has 1 aliphatic rings. The van der Waals surface area contributed by atoms with Crippen LogP contribution in [-0.4, -0.2) is 19.1 Å². The van der Waals surface area contributed by atoms with E-state index in [1.165, 1.54) is 27.8 Å². The molecule has 0 radical (unpaired) electrons. The molecule has 0 aliphatic heterocycles. The average molecular weight is 351 g/mol. The van der Waals surface area contributed by atoms with Crippen molar-refractivity contribution in [1.82, 2.24) is 0 Å². The van der Waals surface area contributed by atoms with Crippen LogP contribution in [0, 0.1) is 0 Å². The van der Waals surface area contributed by atoms with E-state index in [-0.39, 0.29) is 11.9 Å². The number of aryl methyl sites for hydroxylation is 1. The third kappa shape index (κ3) is 4.53. The Morgan fingerprint density at radius 3 is 2.77 bits per heavy atom. The summed E-state index contributed by atoms with van der Waals surface area (Å²) in [5, 5.41) is 0. The molecule has 2 aromatic rings. The molecular weight excluding hydrogens is 322 g/mol. The maximum absolute atomic E-state index is 12.1. The second-order valence-electron chi connectivity index (χ2n) is 7.13. The number of benzene rings is 2. The van der Waals surface area contributed by atoms with Crippen LogP contribution in [0.4, 0.5) is 0 Å². The Bertz CT molecular complexity index is 754. The molecule has 1 atom stereocenters. The van der Waals surface area contributed by atoms with E-state index in [9.17, 15) is 4.79 Å². The monoisotopic (exact) mass is 351 g/mol.